The summed E-state index contributed by atoms with van der Waals surface area (Å²) in [6.07, 6.45) is 2.05. The molecule has 0 heterocycles. The molecule has 0 amide bonds. The van der Waals surface area contributed by atoms with Crippen LogP contribution < -0.4 is 0 Å². The molecule has 3 aliphatic carbocycles. The fourth-order valence-electron chi connectivity index (χ4n) is 4.68. The van der Waals surface area contributed by atoms with Crippen molar-refractivity contribution in [1.82, 2.24) is 0 Å². The number of ether oxygens (including phenoxy) is 2. The van der Waals surface area contributed by atoms with Crippen molar-refractivity contribution in [2.24, 2.45) is 11.8 Å². The van der Waals surface area contributed by atoms with Crippen molar-refractivity contribution in [2.45, 2.75) is 27.7 Å². The number of hydrogen-bond acceptors (Lipinski definition) is 8. The minimum Gasteiger partial charge on any atom is -0.350 e. The first-order valence-corrected chi connectivity index (χ1v) is 13.2. The molecule has 0 radical (unpaired) electrons. The highest BCUT2D eigenvalue weighted by Crippen LogP contribution is 2.76. The molecule has 3 rings (SSSR count). The summed E-state index contributed by atoms with van der Waals surface area (Å²) in [5, 5.41) is -0.229. The maximum Gasteiger partial charge on any atom is 0.264 e. The van der Waals surface area contributed by atoms with Crippen LogP contribution in [0.15, 0.2) is 22.2 Å². The molecule has 1 fully saturated rings. The number of alkyl halides is 2. The second-order valence-electron chi connectivity index (χ2n) is 7.04. The van der Waals surface area contributed by atoms with Crippen LogP contribution in [0.5, 0.6) is 0 Å². The molecule has 166 valence electrons. The average Bonchev–Trinajstić information content (AvgIpc) is 2.84. The Morgan fingerprint density at radius 1 is 0.793 bits per heavy atom. The Kier molecular flexibility index (Phi) is 5.96. The van der Waals surface area contributed by atoms with Crippen LogP contribution in [0, 0.1) is 11.8 Å². The molecule has 8 nitrogen and oxygen atoms in total. The Morgan fingerprint density at radius 2 is 1.10 bits per heavy atom. The van der Waals surface area contributed by atoms with Gasteiger partial charge >= 0.3 is 0 Å². The summed E-state index contributed by atoms with van der Waals surface area (Å²) in [5.74, 6) is -3.96. The van der Waals surface area contributed by atoms with Gasteiger partial charge in [-0.2, -0.15) is 16.8 Å². The topological polar surface area (TPSA) is 105 Å². The quantitative estimate of drug-likeness (QED) is 0.222. The Hall–Kier alpha value is 0.380. The molecule has 0 aromatic heterocycles. The molecule has 0 aliphatic heterocycles. The number of fused-ring (bicyclic) bond motifs is 5. The van der Waals surface area contributed by atoms with E-state index in [1.165, 1.54) is 26.4 Å². The summed E-state index contributed by atoms with van der Waals surface area (Å²) in [7, 11) is -5.36. The van der Waals surface area contributed by atoms with Crippen molar-refractivity contribution in [3.63, 3.8) is 0 Å². The molecule has 2 bridgehead atoms. The lowest BCUT2D eigenvalue weighted by atomic mass is 9.72. The third kappa shape index (κ3) is 3.13. The zero-order valence-electron chi connectivity index (χ0n) is 15.6. The average molecular weight is 532 g/mol. The van der Waals surface area contributed by atoms with Gasteiger partial charge < -0.3 is 9.47 Å². The predicted molar refractivity (Wildman–Crippen MR) is 108 cm³/mol. The summed E-state index contributed by atoms with van der Waals surface area (Å²) in [6.45, 7) is 0. The van der Waals surface area contributed by atoms with E-state index >= 15 is 0 Å². The molecule has 29 heavy (non-hydrogen) atoms. The van der Waals surface area contributed by atoms with Gasteiger partial charge in [-0.05, 0) is 0 Å². The second kappa shape index (κ2) is 7.19. The van der Waals surface area contributed by atoms with Crippen LogP contribution in [-0.2, 0) is 38.1 Å². The number of halogens is 4. The predicted octanol–water partition coefficient (Wildman–Crippen LogP) is 2.14. The van der Waals surface area contributed by atoms with Gasteiger partial charge in [-0.3, -0.25) is 8.37 Å². The minimum absolute atomic E-state index is 0.115. The fourth-order valence-corrected chi connectivity index (χ4v) is 8.12. The Balaban J connectivity index is 2.31. The van der Waals surface area contributed by atoms with Crippen molar-refractivity contribution in [2.75, 3.05) is 26.7 Å². The number of hydrogen-bond donors (Lipinski definition) is 0. The SMILES string of the molecule is COC1(OC)C2(Cl)C(Cl)=C(Cl)C1(Cl)C1C(OS(C)(=O)=O)C=CC(OS(C)(=O)=O)C12. The lowest BCUT2D eigenvalue weighted by Gasteiger charge is -2.43. The lowest BCUT2D eigenvalue weighted by molar-refractivity contribution is -0.221. The van der Waals surface area contributed by atoms with Crippen LogP contribution >= 0.6 is 46.4 Å². The van der Waals surface area contributed by atoms with E-state index in [9.17, 15) is 16.8 Å². The van der Waals surface area contributed by atoms with Crippen LogP contribution in [0.1, 0.15) is 0 Å². The molecule has 6 unspecified atom stereocenters. The van der Waals surface area contributed by atoms with Gasteiger partial charge in [-0.25, -0.2) is 0 Å². The van der Waals surface area contributed by atoms with Crippen LogP contribution in [0.3, 0.4) is 0 Å². The van der Waals surface area contributed by atoms with Crippen molar-refractivity contribution < 1.29 is 34.7 Å². The van der Waals surface area contributed by atoms with Crippen LogP contribution in [0.2, 0.25) is 0 Å². The maximum absolute atomic E-state index is 11.8. The zero-order chi connectivity index (χ0) is 22.2. The summed E-state index contributed by atoms with van der Waals surface area (Å²) >= 11 is 26.8. The van der Waals surface area contributed by atoms with Crippen molar-refractivity contribution in [1.29, 1.82) is 0 Å². The van der Waals surface area contributed by atoms with Crippen molar-refractivity contribution >= 4 is 66.6 Å². The second-order valence-corrected chi connectivity index (χ2v) is 12.2. The first-order chi connectivity index (χ1) is 13.1. The first-order valence-electron chi connectivity index (χ1n) is 8.10. The molecular weight excluding hydrogens is 514 g/mol. The van der Waals surface area contributed by atoms with Crippen LogP contribution in [-0.4, -0.2) is 71.3 Å². The Morgan fingerprint density at radius 3 is 1.34 bits per heavy atom. The molecular formula is C15H18Cl4O8S2. The monoisotopic (exact) mass is 530 g/mol. The fraction of sp³-hybridized carbons (Fsp3) is 0.733. The molecule has 14 heteroatoms. The first kappa shape index (κ1) is 24.0. The summed E-state index contributed by atoms with van der Waals surface area (Å²) < 4.78 is 69.0. The van der Waals surface area contributed by atoms with Gasteiger partial charge in [0, 0.05) is 26.1 Å². The van der Waals surface area contributed by atoms with Crippen molar-refractivity contribution in [3.05, 3.63) is 22.2 Å². The standard InChI is InChI=1S/C15H18Cl4O8S2/c1-24-15(25-2)13(18)9-7(26-28(3,20)21)5-6-8(27-29(4,22)23)10(9)14(15,19)12(17)11(13)16/h5-10H,1-4H3. The molecule has 0 aromatic rings. The van der Waals surface area contributed by atoms with E-state index in [0.717, 1.165) is 12.5 Å². The normalized spacial score (nSPS) is 41.1. The largest absolute Gasteiger partial charge is 0.350 e. The summed E-state index contributed by atoms with van der Waals surface area (Å²) in [6, 6.07) is 0. The Labute approximate surface area is 189 Å². The van der Waals surface area contributed by atoms with Gasteiger partial charge in [0.05, 0.1) is 22.6 Å². The molecule has 0 spiro atoms. The summed E-state index contributed by atoms with van der Waals surface area (Å²) in [5.41, 5.74) is 0. The molecule has 0 aromatic carbocycles. The highest BCUT2D eigenvalue weighted by molar-refractivity contribution is 7.86. The smallest absolute Gasteiger partial charge is 0.264 e. The van der Waals surface area contributed by atoms with Crippen LogP contribution in [0.4, 0.5) is 0 Å². The summed E-state index contributed by atoms with van der Waals surface area (Å²) in [4.78, 5) is -3.61. The maximum atomic E-state index is 11.8. The third-order valence-corrected chi connectivity index (χ3v) is 9.23. The van der Waals surface area contributed by atoms with Gasteiger partial charge in [0.15, 0.2) is 0 Å². The van der Waals surface area contributed by atoms with Gasteiger partial charge in [-0.1, -0.05) is 35.4 Å². The van der Waals surface area contributed by atoms with Gasteiger partial charge in [0.25, 0.3) is 20.2 Å². The van der Waals surface area contributed by atoms with Gasteiger partial charge in [0.2, 0.25) is 5.79 Å². The highest BCUT2D eigenvalue weighted by atomic mass is 35.5. The molecule has 0 saturated heterocycles. The molecule has 1 saturated carbocycles. The molecule has 3 aliphatic rings. The van der Waals surface area contributed by atoms with Crippen molar-refractivity contribution in [3.8, 4) is 0 Å². The molecule has 0 N–H and O–H groups in total. The number of rotatable bonds is 6. The highest BCUT2D eigenvalue weighted by Gasteiger charge is 2.87. The van der Waals surface area contributed by atoms with E-state index in [4.69, 9.17) is 64.2 Å². The van der Waals surface area contributed by atoms with Crippen LogP contribution in [0.25, 0.3) is 0 Å². The van der Waals surface area contributed by atoms with Gasteiger partial charge in [0.1, 0.15) is 22.0 Å². The van der Waals surface area contributed by atoms with E-state index in [0.29, 0.717) is 0 Å². The Bertz CT molecular complexity index is 916. The zero-order valence-corrected chi connectivity index (χ0v) is 20.2. The van der Waals surface area contributed by atoms with Gasteiger partial charge in [-0.15, -0.1) is 23.2 Å². The minimum atomic E-state index is -3.95. The molecule has 6 atom stereocenters. The number of methoxy groups -OCH3 is 2. The van der Waals surface area contributed by atoms with E-state index in [2.05, 4.69) is 0 Å². The van der Waals surface area contributed by atoms with E-state index in [1.54, 1.807) is 0 Å². The van der Waals surface area contributed by atoms with E-state index < -0.39 is 59.8 Å². The third-order valence-electron chi connectivity index (χ3n) is 5.44. The van der Waals surface area contributed by atoms with E-state index in [-0.39, 0.29) is 10.1 Å². The van der Waals surface area contributed by atoms with E-state index in [1.807, 2.05) is 0 Å². The lowest BCUT2D eigenvalue weighted by Crippen LogP contribution is -2.58.